The smallest absolute Gasteiger partial charge is 0.260 e. The maximum Gasteiger partial charge on any atom is 0.260 e. The van der Waals surface area contributed by atoms with Crippen LogP contribution >= 0.6 is 0 Å². The third kappa shape index (κ3) is 3.74. The highest BCUT2D eigenvalue weighted by Gasteiger charge is 2.32. The third-order valence-corrected chi connectivity index (χ3v) is 3.35. The van der Waals surface area contributed by atoms with E-state index >= 15 is 0 Å². The Bertz CT molecular complexity index is 724. The zero-order valence-electron chi connectivity index (χ0n) is 12.3. The molecule has 1 aliphatic rings. The van der Waals surface area contributed by atoms with E-state index in [0.717, 1.165) is 0 Å². The quantitative estimate of drug-likeness (QED) is 0.819. The molecular formula is C16H14N4O3. The van der Waals surface area contributed by atoms with Crippen molar-refractivity contribution in [1.82, 2.24) is 14.9 Å². The molecule has 2 aromatic rings. The molecular weight excluding hydrogens is 296 g/mol. The van der Waals surface area contributed by atoms with Crippen LogP contribution < -0.4 is 9.47 Å². The molecule has 3 rings (SSSR count). The molecule has 0 spiro atoms. The average Bonchev–Trinajstić information content (AvgIpc) is 2.56. The van der Waals surface area contributed by atoms with Crippen molar-refractivity contribution in [3.8, 4) is 17.7 Å². The molecule has 1 saturated heterocycles. The van der Waals surface area contributed by atoms with Gasteiger partial charge in [-0.15, -0.1) is 0 Å². The SMILES string of the molecule is N#Cc1ccnc(OC2CN(C(=O)COc3cccnc3)C2)c1. The number of hydrogen-bond donors (Lipinski definition) is 0. The second-order valence-corrected chi connectivity index (χ2v) is 5.01. The van der Waals surface area contributed by atoms with Crippen LogP contribution in [0.1, 0.15) is 5.56 Å². The molecule has 116 valence electrons. The molecule has 0 unspecified atom stereocenters. The molecule has 1 aliphatic heterocycles. The van der Waals surface area contributed by atoms with E-state index in [0.29, 0.717) is 30.3 Å². The van der Waals surface area contributed by atoms with Crippen molar-refractivity contribution in [3.63, 3.8) is 0 Å². The summed E-state index contributed by atoms with van der Waals surface area (Å²) in [6.07, 6.45) is 4.61. The van der Waals surface area contributed by atoms with Crippen LogP contribution in [-0.2, 0) is 4.79 Å². The number of aromatic nitrogens is 2. The summed E-state index contributed by atoms with van der Waals surface area (Å²) in [6.45, 7) is 0.933. The lowest BCUT2D eigenvalue weighted by Gasteiger charge is -2.38. The van der Waals surface area contributed by atoms with Crippen molar-refractivity contribution in [2.45, 2.75) is 6.10 Å². The summed E-state index contributed by atoms with van der Waals surface area (Å²) in [5.41, 5.74) is 0.493. The Morgan fingerprint density at radius 3 is 3.00 bits per heavy atom. The van der Waals surface area contributed by atoms with E-state index in [2.05, 4.69) is 9.97 Å². The standard InChI is InChI=1S/C16H14N4O3/c17-7-12-3-5-19-15(6-12)23-14-9-20(10-14)16(21)11-22-13-2-1-4-18-8-13/h1-6,8,14H,9-11H2. The van der Waals surface area contributed by atoms with Crippen LogP contribution in [0.3, 0.4) is 0 Å². The second kappa shape index (κ2) is 6.75. The van der Waals surface area contributed by atoms with Crippen molar-refractivity contribution in [1.29, 1.82) is 5.26 Å². The molecule has 23 heavy (non-hydrogen) atoms. The summed E-state index contributed by atoms with van der Waals surface area (Å²) in [5.74, 6) is 0.854. The number of rotatable bonds is 5. The molecule has 0 aromatic carbocycles. The lowest BCUT2D eigenvalue weighted by Crippen LogP contribution is -2.57. The minimum absolute atomic E-state index is 0.0272. The van der Waals surface area contributed by atoms with Crippen molar-refractivity contribution < 1.29 is 14.3 Å². The number of carbonyl (C=O) groups is 1. The lowest BCUT2D eigenvalue weighted by molar-refractivity contribution is -0.142. The van der Waals surface area contributed by atoms with Gasteiger partial charge in [0.25, 0.3) is 5.91 Å². The second-order valence-electron chi connectivity index (χ2n) is 5.01. The Hall–Kier alpha value is -3.14. The van der Waals surface area contributed by atoms with Crippen LogP contribution in [0.5, 0.6) is 11.6 Å². The number of nitrogens with zero attached hydrogens (tertiary/aromatic N) is 4. The highest BCUT2D eigenvalue weighted by atomic mass is 16.5. The van der Waals surface area contributed by atoms with Gasteiger partial charge >= 0.3 is 0 Å². The molecule has 0 radical (unpaired) electrons. The van der Waals surface area contributed by atoms with Crippen LogP contribution in [0.25, 0.3) is 0 Å². The average molecular weight is 310 g/mol. The Morgan fingerprint density at radius 2 is 2.26 bits per heavy atom. The minimum atomic E-state index is -0.112. The van der Waals surface area contributed by atoms with Crippen molar-refractivity contribution in [2.75, 3.05) is 19.7 Å². The first kappa shape index (κ1) is 14.8. The van der Waals surface area contributed by atoms with E-state index in [1.54, 1.807) is 41.6 Å². The maximum absolute atomic E-state index is 12.0. The van der Waals surface area contributed by atoms with Crippen molar-refractivity contribution in [2.24, 2.45) is 0 Å². The molecule has 1 amide bonds. The van der Waals surface area contributed by atoms with Crippen LogP contribution in [0.4, 0.5) is 0 Å². The predicted octanol–water partition coefficient (Wildman–Crippen LogP) is 1.02. The largest absolute Gasteiger partial charge is 0.482 e. The minimum Gasteiger partial charge on any atom is -0.482 e. The van der Waals surface area contributed by atoms with Crippen LogP contribution in [0.15, 0.2) is 42.9 Å². The lowest BCUT2D eigenvalue weighted by atomic mass is 10.1. The Balaban J connectivity index is 1.43. The van der Waals surface area contributed by atoms with Crippen LogP contribution in [-0.4, -0.2) is 46.6 Å². The first-order valence-electron chi connectivity index (χ1n) is 7.08. The molecule has 0 aliphatic carbocycles. The molecule has 0 bridgehead atoms. The van der Waals surface area contributed by atoms with Crippen molar-refractivity contribution >= 4 is 5.91 Å². The van der Waals surface area contributed by atoms with Gasteiger partial charge in [0.15, 0.2) is 6.61 Å². The highest BCUT2D eigenvalue weighted by Crippen LogP contribution is 2.17. The summed E-state index contributed by atoms with van der Waals surface area (Å²) in [5, 5.41) is 8.83. The first-order chi connectivity index (χ1) is 11.2. The van der Waals surface area contributed by atoms with E-state index in [1.165, 1.54) is 6.20 Å². The number of hydrogen-bond acceptors (Lipinski definition) is 6. The van der Waals surface area contributed by atoms with Crippen LogP contribution in [0.2, 0.25) is 0 Å². The van der Waals surface area contributed by atoms with Crippen molar-refractivity contribution in [3.05, 3.63) is 48.4 Å². The van der Waals surface area contributed by atoms with Gasteiger partial charge in [0, 0.05) is 18.5 Å². The predicted molar refractivity (Wildman–Crippen MR) is 79.7 cm³/mol. The van der Waals surface area contributed by atoms with E-state index in [4.69, 9.17) is 14.7 Å². The van der Waals surface area contributed by atoms with Crippen LogP contribution in [0, 0.1) is 11.3 Å². The molecule has 3 heterocycles. The van der Waals surface area contributed by atoms with Gasteiger partial charge < -0.3 is 14.4 Å². The van der Waals surface area contributed by atoms with Gasteiger partial charge in [0.1, 0.15) is 11.9 Å². The van der Waals surface area contributed by atoms with Gasteiger partial charge in [-0.25, -0.2) is 4.98 Å². The number of nitriles is 1. The zero-order valence-corrected chi connectivity index (χ0v) is 12.3. The Labute approximate surface area is 133 Å². The summed E-state index contributed by atoms with van der Waals surface area (Å²) in [7, 11) is 0. The van der Waals surface area contributed by atoms with E-state index in [-0.39, 0.29) is 18.6 Å². The molecule has 0 atom stereocenters. The molecule has 7 heteroatoms. The fourth-order valence-electron chi connectivity index (χ4n) is 2.10. The third-order valence-electron chi connectivity index (χ3n) is 3.35. The Morgan fingerprint density at radius 1 is 1.39 bits per heavy atom. The molecule has 7 nitrogen and oxygen atoms in total. The van der Waals surface area contributed by atoms with E-state index in [1.807, 2.05) is 6.07 Å². The van der Waals surface area contributed by atoms with Gasteiger partial charge in [0.2, 0.25) is 5.88 Å². The summed E-state index contributed by atoms with van der Waals surface area (Å²) < 4.78 is 11.0. The van der Waals surface area contributed by atoms with E-state index in [9.17, 15) is 4.79 Å². The number of ether oxygens (including phenoxy) is 2. The molecule has 2 aromatic heterocycles. The van der Waals surface area contributed by atoms with Gasteiger partial charge in [-0.2, -0.15) is 5.26 Å². The number of likely N-dealkylation sites (tertiary alicyclic amines) is 1. The van der Waals surface area contributed by atoms with Gasteiger partial charge in [-0.3, -0.25) is 9.78 Å². The van der Waals surface area contributed by atoms with Gasteiger partial charge in [-0.05, 0) is 18.2 Å². The summed E-state index contributed by atoms with van der Waals surface area (Å²) >= 11 is 0. The summed E-state index contributed by atoms with van der Waals surface area (Å²) in [6, 6.07) is 8.71. The highest BCUT2D eigenvalue weighted by molar-refractivity contribution is 5.78. The van der Waals surface area contributed by atoms with Gasteiger partial charge in [-0.1, -0.05) is 0 Å². The summed E-state index contributed by atoms with van der Waals surface area (Å²) in [4.78, 5) is 21.6. The Kier molecular flexibility index (Phi) is 4.34. The zero-order chi connectivity index (χ0) is 16.1. The fourth-order valence-corrected chi connectivity index (χ4v) is 2.10. The number of pyridine rings is 2. The van der Waals surface area contributed by atoms with E-state index < -0.39 is 0 Å². The van der Waals surface area contributed by atoms with Gasteiger partial charge in [0.05, 0.1) is 30.9 Å². The number of carbonyl (C=O) groups excluding carboxylic acids is 1. The normalized spacial score (nSPS) is 13.8. The molecule has 0 saturated carbocycles. The first-order valence-corrected chi connectivity index (χ1v) is 7.08. The molecule has 0 N–H and O–H groups in total. The fraction of sp³-hybridized carbons (Fsp3) is 0.250. The topological polar surface area (TPSA) is 88.3 Å². The monoisotopic (exact) mass is 310 g/mol. The molecule has 1 fully saturated rings. The maximum atomic E-state index is 12.0. The number of amides is 1.